The van der Waals surface area contributed by atoms with E-state index in [-0.39, 0.29) is 0 Å². The Labute approximate surface area is 95.0 Å². The second-order valence-electron chi connectivity index (χ2n) is 6.73. The normalized spacial score (nSPS) is 58.2. The van der Waals surface area contributed by atoms with E-state index < -0.39 is 0 Å². The lowest BCUT2D eigenvalue weighted by Gasteiger charge is -2.45. The van der Waals surface area contributed by atoms with Crippen molar-refractivity contribution < 1.29 is 0 Å². The van der Waals surface area contributed by atoms with E-state index in [1.54, 1.807) is 44.9 Å². The van der Waals surface area contributed by atoms with Gasteiger partial charge in [-0.15, -0.1) is 7.92 Å². The second kappa shape index (κ2) is 3.22. The molecule has 4 bridgehead atoms. The lowest BCUT2D eigenvalue weighted by Crippen LogP contribution is -2.35. The predicted molar refractivity (Wildman–Crippen MR) is 66.7 cm³/mol. The van der Waals surface area contributed by atoms with Crippen molar-refractivity contribution in [3.05, 3.63) is 0 Å². The van der Waals surface area contributed by atoms with Gasteiger partial charge in [0.15, 0.2) is 0 Å². The zero-order chi connectivity index (χ0) is 9.99. The summed E-state index contributed by atoms with van der Waals surface area (Å²) in [5, 5.41) is 0. The minimum absolute atomic E-state index is 0.413. The SMILES string of the molecule is CP(C1CC2CCC1C2)C1C2CCC1C2. The Balaban J connectivity index is 1.49. The summed E-state index contributed by atoms with van der Waals surface area (Å²) >= 11 is 0. The fourth-order valence-electron chi connectivity index (χ4n) is 5.46. The molecule has 0 radical (unpaired) electrons. The van der Waals surface area contributed by atoms with Gasteiger partial charge in [-0.05, 0) is 80.2 Å². The molecule has 5 aliphatic carbocycles. The van der Waals surface area contributed by atoms with Crippen molar-refractivity contribution in [3.8, 4) is 0 Å². The molecule has 0 nitrogen and oxygen atoms in total. The van der Waals surface area contributed by atoms with Gasteiger partial charge in [0.05, 0.1) is 0 Å². The summed E-state index contributed by atoms with van der Waals surface area (Å²) in [6, 6.07) is 0. The van der Waals surface area contributed by atoms with Crippen LogP contribution in [0.5, 0.6) is 0 Å². The molecule has 84 valence electrons. The summed E-state index contributed by atoms with van der Waals surface area (Å²) in [4.78, 5) is 0. The minimum atomic E-state index is 0.413. The molecule has 0 aliphatic heterocycles. The third kappa shape index (κ3) is 1.24. The van der Waals surface area contributed by atoms with E-state index in [1.165, 1.54) is 35.0 Å². The van der Waals surface area contributed by atoms with E-state index in [2.05, 4.69) is 6.66 Å². The maximum Gasteiger partial charge on any atom is -0.0152 e. The largest absolute Gasteiger partial charge is 0.103 e. The summed E-state index contributed by atoms with van der Waals surface area (Å²) in [6.45, 7) is 2.68. The van der Waals surface area contributed by atoms with Gasteiger partial charge in [0.2, 0.25) is 0 Å². The van der Waals surface area contributed by atoms with Gasteiger partial charge in [-0.25, -0.2) is 0 Å². The molecular formula is C14H23P. The van der Waals surface area contributed by atoms with E-state index in [0.717, 1.165) is 0 Å². The third-order valence-corrected chi connectivity index (χ3v) is 9.64. The van der Waals surface area contributed by atoms with Gasteiger partial charge in [-0.3, -0.25) is 0 Å². The van der Waals surface area contributed by atoms with Crippen molar-refractivity contribution in [1.29, 1.82) is 0 Å². The van der Waals surface area contributed by atoms with Crippen LogP contribution in [-0.2, 0) is 0 Å². The molecule has 6 atom stereocenters. The van der Waals surface area contributed by atoms with E-state index in [4.69, 9.17) is 0 Å². The topological polar surface area (TPSA) is 0 Å². The zero-order valence-electron chi connectivity index (χ0n) is 9.86. The molecule has 6 unspecified atom stereocenters. The Morgan fingerprint density at radius 2 is 1.53 bits per heavy atom. The van der Waals surface area contributed by atoms with E-state index in [9.17, 15) is 0 Å². The van der Waals surface area contributed by atoms with Crippen LogP contribution in [0.4, 0.5) is 0 Å². The van der Waals surface area contributed by atoms with Gasteiger partial charge in [0.25, 0.3) is 0 Å². The molecular weight excluding hydrogens is 199 g/mol. The quantitative estimate of drug-likeness (QED) is 0.617. The Morgan fingerprint density at radius 1 is 0.800 bits per heavy atom. The molecule has 5 rings (SSSR count). The average Bonchev–Trinajstić information content (AvgIpc) is 2.96. The van der Waals surface area contributed by atoms with Crippen molar-refractivity contribution in [2.45, 2.75) is 56.3 Å². The fourth-order valence-corrected chi connectivity index (χ4v) is 9.34. The first-order chi connectivity index (χ1) is 7.33. The van der Waals surface area contributed by atoms with Crippen LogP contribution < -0.4 is 0 Å². The van der Waals surface area contributed by atoms with Gasteiger partial charge in [0.1, 0.15) is 0 Å². The maximum atomic E-state index is 2.68. The number of rotatable bonds is 2. The summed E-state index contributed by atoms with van der Waals surface area (Å²) in [7, 11) is 0.413. The molecule has 15 heavy (non-hydrogen) atoms. The highest BCUT2D eigenvalue weighted by Gasteiger charge is 2.53. The Bertz CT molecular complexity index is 261. The number of hydrogen-bond donors (Lipinski definition) is 0. The molecule has 0 amide bonds. The van der Waals surface area contributed by atoms with Crippen LogP contribution in [0.2, 0.25) is 0 Å². The van der Waals surface area contributed by atoms with Crippen LogP contribution >= 0.6 is 7.92 Å². The second-order valence-corrected chi connectivity index (χ2v) is 9.32. The molecule has 0 N–H and O–H groups in total. The Morgan fingerprint density at radius 3 is 2.07 bits per heavy atom. The third-order valence-electron chi connectivity index (χ3n) is 6.17. The highest BCUT2D eigenvalue weighted by Crippen LogP contribution is 2.68. The predicted octanol–water partition coefficient (Wildman–Crippen LogP) is 4.09. The molecule has 0 aromatic carbocycles. The fraction of sp³-hybridized carbons (Fsp3) is 1.00. The average molecular weight is 222 g/mol. The first kappa shape index (κ1) is 9.46. The molecule has 0 saturated heterocycles. The van der Waals surface area contributed by atoms with Crippen molar-refractivity contribution in [3.63, 3.8) is 0 Å². The van der Waals surface area contributed by atoms with Crippen LogP contribution in [0.15, 0.2) is 0 Å². The summed E-state index contributed by atoms with van der Waals surface area (Å²) in [6.07, 6.45) is 11.3. The molecule has 0 spiro atoms. The van der Waals surface area contributed by atoms with Crippen LogP contribution in [0, 0.1) is 23.7 Å². The molecule has 0 aromatic heterocycles. The van der Waals surface area contributed by atoms with Crippen LogP contribution in [-0.4, -0.2) is 18.0 Å². The molecule has 1 heteroatoms. The highest BCUT2D eigenvalue weighted by molar-refractivity contribution is 7.58. The first-order valence-electron chi connectivity index (χ1n) is 7.05. The molecule has 0 aromatic rings. The lowest BCUT2D eigenvalue weighted by atomic mass is 9.84. The van der Waals surface area contributed by atoms with Gasteiger partial charge in [0, 0.05) is 0 Å². The number of fused-ring (bicyclic) bond motifs is 3. The summed E-state index contributed by atoms with van der Waals surface area (Å²) < 4.78 is 0. The van der Waals surface area contributed by atoms with Gasteiger partial charge >= 0.3 is 0 Å². The molecule has 5 fully saturated rings. The Hall–Kier alpha value is 0.430. The van der Waals surface area contributed by atoms with Crippen molar-refractivity contribution >= 4 is 7.92 Å². The standard InChI is InChI=1S/C14H23P/c1-15(14-11-4-5-12(14)8-11)13-7-9-2-3-10(13)6-9/h9-14H,2-8H2,1H3. The first-order valence-corrected chi connectivity index (χ1v) is 8.97. The molecule has 5 saturated carbocycles. The van der Waals surface area contributed by atoms with E-state index >= 15 is 0 Å². The van der Waals surface area contributed by atoms with Gasteiger partial charge < -0.3 is 0 Å². The molecule has 5 aliphatic rings. The minimum Gasteiger partial charge on any atom is -0.103 e. The van der Waals surface area contributed by atoms with E-state index in [1.807, 2.05) is 0 Å². The van der Waals surface area contributed by atoms with Crippen molar-refractivity contribution in [2.24, 2.45) is 23.7 Å². The van der Waals surface area contributed by atoms with Crippen LogP contribution in [0.1, 0.15) is 44.9 Å². The monoisotopic (exact) mass is 222 g/mol. The number of hydrogen-bond acceptors (Lipinski definition) is 0. The van der Waals surface area contributed by atoms with Crippen LogP contribution in [0.3, 0.4) is 0 Å². The van der Waals surface area contributed by atoms with Gasteiger partial charge in [-0.1, -0.05) is 6.42 Å². The summed E-state index contributed by atoms with van der Waals surface area (Å²) in [5.41, 5.74) is 2.46. The zero-order valence-corrected chi connectivity index (χ0v) is 10.8. The molecule has 0 heterocycles. The van der Waals surface area contributed by atoms with Crippen molar-refractivity contribution in [1.82, 2.24) is 0 Å². The Kier molecular flexibility index (Phi) is 2.03. The van der Waals surface area contributed by atoms with Crippen LogP contribution in [0.25, 0.3) is 0 Å². The maximum absolute atomic E-state index is 2.68. The van der Waals surface area contributed by atoms with Gasteiger partial charge in [-0.2, -0.15) is 0 Å². The summed E-state index contributed by atoms with van der Waals surface area (Å²) in [5.74, 6) is 4.75. The van der Waals surface area contributed by atoms with Crippen molar-refractivity contribution in [2.75, 3.05) is 6.66 Å². The van der Waals surface area contributed by atoms with E-state index in [0.29, 0.717) is 7.92 Å². The highest BCUT2D eigenvalue weighted by atomic mass is 31.1. The smallest absolute Gasteiger partial charge is 0.0152 e. The lowest BCUT2D eigenvalue weighted by molar-refractivity contribution is 0.311.